The molecule has 1 saturated heterocycles. The fourth-order valence-corrected chi connectivity index (χ4v) is 4.22. The van der Waals surface area contributed by atoms with Gasteiger partial charge >= 0.3 is 12.3 Å². The van der Waals surface area contributed by atoms with E-state index in [4.69, 9.17) is 0 Å². The van der Waals surface area contributed by atoms with Crippen LogP contribution in [0.15, 0.2) is 58.9 Å². The topological polar surface area (TPSA) is 94.5 Å². The third-order valence-electron chi connectivity index (χ3n) is 6.08. The SMILES string of the molecule is C=N/N=C(\N1CCN(c2ccc(CNc3cccc4c(NC(=O)OC)nccc34)c(F)c2)CC1)C(F)(F)F. The number of hydrogen-bond donors (Lipinski definition) is 2. The molecule has 1 aliphatic heterocycles. The minimum Gasteiger partial charge on any atom is -0.453 e. The van der Waals surface area contributed by atoms with Crippen molar-refractivity contribution in [2.24, 2.45) is 10.2 Å². The number of carbonyl (C=O) groups is 1. The number of hydrogen-bond acceptors (Lipinski definition) is 7. The molecule has 0 spiro atoms. The molecule has 3 aromatic rings. The molecule has 2 heterocycles. The minimum absolute atomic E-state index is 0.0571. The van der Waals surface area contributed by atoms with Crippen molar-refractivity contribution < 1.29 is 27.1 Å². The average Bonchev–Trinajstić information content (AvgIpc) is 2.90. The lowest BCUT2D eigenvalue weighted by Gasteiger charge is -2.37. The number of ether oxygens (including phenoxy) is 1. The molecule has 0 saturated carbocycles. The number of fused-ring (bicyclic) bond motifs is 1. The van der Waals surface area contributed by atoms with Crippen LogP contribution in [0.4, 0.5) is 39.5 Å². The zero-order valence-corrected chi connectivity index (χ0v) is 20.4. The summed E-state index contributed by atoms with van der Waals surface area (Å²) in [6, 6.07) is 12.0. The molecule has 13 heteroatoms. The molecule has 2 N–H and O–H groups in total. The van der Waals surface area contributed by atoms with Crippen LogP contribution < -0.4 is 15.5 Å². The Balaban J connectivity index is 1.43. The third-order valence-corrected chi connectivity index (χ3v) is 6.08. The van der Waals surface area contributed by atoms with Crippen molar-refractivity contribution in [1.29, 1.82) is 0 Å². The lowest BCUT2D eigenvalue weighted by molar-refractivity contribution is -0.0693. The van der Waals surface area contributed by atoms with Crippen molar-refractivity contribution in [2.45, 2.75) is 12.7 Å². The number of piperazine rings is 1. The summed E-state index contributed by atoms with van der Waals surface area (Å²) in [4.78, 5) is 18.7. The Bertz CT molecular complexity index is 1360. The number of nitrogens with one attached hydrogen (secondary N) is 2. The number of methoxy groups -OCH3 is 1. The number of carbonyl (C=O) groups excluding carboxylic acids is 1. The van der Waals surface area contributed by atoms with Crippen LogP contribution in [0.1, 0.15) is 5.56 Å². The fraction of sp³-hybridized carbons (Fsp3) is 0.280. The van der Waals surface area contributed by atoms with Gasteiger partial charge in [0.15, 0.2) is 0 Å². The molecule has 0 atom stereocenters. The minimum atomic E-state index is -4.63. The third kappa shape index (κ3) is 5.93. The number of aromatic nitrogens is 1. The summed E-state index contributed by atoms with van der Waals surface area (Å²) in [7, 11) is 1.26. The Hall–Kier alpha value is -4.42. The summed E-state index contributed by atoms with van der Waals surface area (Å²) in [6.45, 7) is 3.83. The van der Waals surface area contributed by atoms with Gasteiger partial charge in [-0.2, -0.15) is 18.3 Å². The van der Waals surface area contributed by atoms with Gasteiger partial charge in [0, 0.05) is 73.3 Å². The lowest BCUT2D eigenvalue weighted by atomic mass is 10.1. The van der Waals surface area contributed by atoms with Gasteiger partial charge in [0.1, 0.15) is 11.6 Å². The first kappa shape index (κ1) is 26.6. The van der Waals surface area contributed by atoms with Gasteiger partial charge in [-0.15, -0.1) is 5.10 Å². The maximum absolute atomic E-state index is 15.0. The number of rotatable bonds is 6. The van der Waals surface area contributed by atoms with E-state index in [0.29, 0.717) is 28.1 Å². The summed E-state index contributed by atoms with van der Waals surface area (Å²) >= 11 is 0. The second kappa shape index (κ2) is 11.3. The van der Waals surface area contributed by atoms with Crippen LogP contribution in [0.25, 0.3) is 10.8 Å². The molecule has 9 nitrogen and oxygen atoms in total. The standard InChI is InChI=1S/C25H25F4N7O2/c1-30-34-23(25(27,28)29)36-12-10-35(11-13-36)17-7-6-16(20(26)14-17)15-32-21-5-3-4-19-18(21)8-9-31-22(19)33-24(37)38-2/h3-9,14,32H,1,10-13,15H2,2H3,(H,31,33,37)/b34-23-. The Morgan fingerprint density at radius 1 is 1.13 bits per heavy atom. The number of pyridine rings is 1. The smallest absolute Gasteiger partial charge is 0.451 e. The zero-order chi connectivity index (χ0) is 27.3. The number of nitrogens with zero attached hydrogens (tertiary/aromatic N) is 5. The highest BCUT2D eigenvalue weighted by atomic mass is 19.4. The molecule has 0 unspecified atom stereocenters. The predicted octanol–water partition coefficient (Wildman–Crippen LogP) is 4.86. The van der Waals surface area contributed by atoms with Crippen molar-refractivity contribution >= 4 is 46.6 Å². The molecule has 1 fully saturated rings. The van der Waals surface area contributed by atoms with E-state index in [0.717, 1.165) is 10.3 Å². The summed E-state index contributed by atoms with van der Waals surface area (Å²) in [5.74, 6) is -1.19. The molecule has 0 aliphatic carbocycles. The number of amidine groups is 1. The van der Waals surface area contributed by atoms with Crippen LogP contribution in [-0.4, -0.2) is 68.0 Å². The highest BCUT2D eigenvalue weighted by molar-refractivity contribution is 6.03. The highest BCUT2D eigenvalue weighted by Gasteiger charge is 2.41. The van der Waals surface area contributed by atoms with Crippen molar-refractivity contribution in [2.75, 3.05) is 48.8 Å². The van der Waals surface area contributed by atoms with Gasteiger partial charge in [-0.1, -0.05) is 18.2 Å². The van der Waals surface area contributed by atoms with Crippen molar-refractivity contribution in [1.82, 2.24) is 9.88 Å². The van der Waals surface area contributed by atoms with Crippen molar-refractivity contribution in [3.8, 4) is 0 Å². The Morgan fingerprint density at radius 2 is 1.89 bits per heavy atom. The maximum Gasteiger partial charge on any atom is 0.451 e. The Labute approximate surface area is 215 Å². The molecule has 38 heavy (non-hydrogen) atoms. The van der Waals surface area contributed by atoms with E-state index in [1.54, 1.807) is 36.5 Å². The summed E-state index contributed by atoms with van der Waals surface area (Å²) in [5, 5.41) is 13.4. The second-order valence-electron chi connectivity index (χ2n) is 8.34. The number of halogens is 4. The molecule has 1 amide bonds. The fourth-order valence-electron chi connectivity index (χ4n) is 4.22. The van der Waals surface area contributed by atoms with Gasteiger partial charge in [-0.3, -0.25) is 5.32 Å². The summed E-state index contributed by atoms with van der Waals surface area (Å²) in [5.41, 5.74) is 1.71. The molecular formula is C25H25F4N7O2. The predicted molar refractivity (Wildman–Crippen MR) is 138 cm³/mol. The van der Waals surface area contributed by atoms with E-state index in [1.165, 1.54) is 13.2 Å². The maximum atomic E-state index is 15.0. The van der Waals surface area contributed by atoms with E-state index >= 15 is 0 Å². The Kier molecular flexibility index (Phi) is 7.93. The van der Waals surface area contributed by atoms with Gasteiger partial charge in [-0.05, 0) is 24.3 Å². The van der Waals surface area contributed by atoms with Gasteiger partial charge in [-0.25, -0.2) is 14.2 Å². The van der Waals surface area contributed by atoms with Crippen LogP contribution in [0, 0.1) is 5.82 Å². The number of amides is 1. The van der Waals surface area contributed by atoms with E-state index in [-0.39, 0.29) is 32.7 Å². The molecule has 4 rings (SSSR count). The Morgan fingerprint density at radius 3 is 2.55 bits per heavy atom. The molecule has 200 valence electrons. The largest absolute Gasteiger partial charge is 0.453 e. The van der Waals surface area contributed by atoms with Gasteiger partial charge in [0.05, 0.1) is 7.11 Å². The van der Waals surface area contributed by atoms with Gasteiger partial charge in [0.2, 0.25) is 5.84 Å². The van der Waals surface area contributed by atoms with Crippen LogP contribution in [-0.2, 0) is 11.3 Å². The monoisotopic (exact) mass is 531 g/mol. The molecule has 2 aromatic carbocycles. The summed E-state index contributed by atoms with van der Waals surface area (Å²) < 4.78 is 59.3. The zero-order valence-electron chi connectivity index (χ0n) is 20.4. The van der Waals surface area contributed by atoms with Crippen molar-refractivity contribution in [3.05, 3.63) is 60.0 Å². The van der Waals surface area contributed by atoms with Crippen LogP contribution in [0.2, 0.25) is 0 Å². The van der Waals surface area contributed by atoms with Gasteiger partial charge < -0.3 is 19.9 Å². The molecule has 1 aromatic heterocycles. The number of benzene rings is 2. The number of anilines is 3. The van der Waals surface area contributed by atoms with Crippen LogP contribution in [0.3, 0.4) is 0 Å². The van der Waals surface area contributed by atoms with E-state index < -0.39 is 23.9 Å². The first-order valence-corrected chi connectivity index (χ1v) is 11.6. The molecular weight excluding hydrogens is 506 g/mol. The first-order chi connectivity index (χ1) is 18.2. The lowest BCUT2D eigenvalue weighted by Crippen LogP contribution is -2.52. The highest BCUT2D eigenvalue weighted by Crippen LogP contribution is 2.29. The van der Waals surface area contributed by atoms with E-state index in [1.807, 2.05) is 11.0 Å². The normalized spacial score (nSPS) is 14.4. The van der Waals surface area contributed by atoms with Crippen LogP contribution in [0.5, 0.6) is 0 Å². The average molecular weight is 532 g/mol. The van der Waals surface area contributed by atoms with E-state index in [9.17, 15) is 22.4 Å². The quantitative estimate of drug-likeness (QED) is 0.204. The number of alkyl halides is 3. The molecule has 0 radical (unpaired) electrons. The second-order valence-corrected chi connectivity index (χ2v) is 8.34. The molecule has 0 bridgehead atoms. The summed E-state index contributed by atoms with van der Waals surface area (Å²) in [6.07, 6.45) is -3.73. The first-order valence-electron chi connectivity index (χ1n) is 11.6. The van der Waals surface area contributed by atoms with Crippen LogP contribution >= 0.6 is 0 Å². The van der Waals surface area contributed by atoms with E-state index in [2.05, 4.69) is 37.3 Å². The van der Waals surface area contributed by atoms with Gasteiger partial charge in [0.25, 0.3) is 0 Å². The van der Waals surface area contributed by atoms with Crippen molar-refractivity contribution in [3.63, 3.8) is 0 Å². The molecule has 1 aliphatic rings.